The molecule has 0 radical (unpaired) electrons. The molecule has 24 heavy (non-hydrogen) atoms. The van der Waals surface area contributed by atoms with E-state index in [0.717, 1.165) is 0 Å². The van der Waals surface area contributed by atoms with Crippen LogP contribution in [-0.4, -0.2) is 33.8 Å². The van der Waals surface area contributed by atoms with Crippen LogP contribution in [0.25, 0.3) is 16.8 Å². The van der Waals surface area contributed by atoms with Gasteiger partial charge in [0.05, 0.1) is 12.7 Å². The van der Waals surface area contributed by atoms with Crippen molar-refractivity contribution in [3.8, 4) is 11.1 Å². The van der Waals surface area contributed by atoms with Crippen LogP contribution in [0.2, 0.25) is 0 Å². The standard InChI is InChI=1S/C18H19NO5/c1-10-14(13-8-6-5-7-9-13)15(17(20)21)11(2)19(10)16(18(22)23)12(3)24-4/h5-9H,1-4H3,(H,20,21)(H,22,23)/b16-12+. The second-order valence-electron chi connectivity index (χ2n) is 5.34. The summed E-state index contributed by atoms with van der Waals surface area (Å²) in [5.41, 5.74) is 2.08. The highest BCUT2D eigenvalue weighted by Gasteiger charge is 2.28. The van der Waals surface area contributed by atoms with Crippen molar-refractivity contribution < 1.29 is 24.5 Å². The summed E-state index contributed by atoms with van der Waals surface area (Å²) in [6.07, 6.45) is 0. The van der Waals surface area contributed by atoms with Gasteiger partial charge in [-0.3, -0.25) is 0 Å². The molecule has 2 N–H and O–H groups in total. The maximum absolute atomic E-state index is 11.8. The molecule has 0 amide bonds. The van der Waals surface area contributed by atoms with Crippen molar-refractivity contribution in [3.63, 3.8) is 0 Å². The lowest BCUT2D eigenvalue weighted by molar-refractivity contribution is -0.131. The molecule has 6 heteroatoms. The minimum atomic E-state index is -1.19. The Morgan fingerprint density at radius 1 is 1.04 bits per heavy atom. The van der Waals surface area contributed by atoms with Gasteiger partial charge in [0.1, 0.15) is 5.76 Å². The van der Waals surface area contributed by atoms with Gasteiger partial charge in [0, 0.05) is 17.0 Å². The molecular formula is C18H19NO5. The average molecular weight is 329 g/mol. The largest absolute Gasteiger partial charge is 0.499 e. The van der Waals surface area contributed by atoms with Crippen LogP contribution in [0.1, 0.15) is 28.7 Å². The molecule has 1 aromatic carbocycles. The topological polar surface area (TPSA) is 88.8 Å². The van der Waals surface area contributed by atoms with Gasteiger partial charge in [0.15, 0.2) is 5.70 Å². The number of carbonyl (C=O) groups is 2. The van der Waals surface area contributed by atoms with Gasteiger partial charge < -0.3 is 19.5 Å². The number of carboxylic acids is 2. The van der Waals surface area contributed by atoms with Gasteiger partial charge >= 0.3 is 11.9 Å². The summed E-state index contributed by atoms with van der Waals surface area (Å²) >= 11 is 0. The zero-order valence-corrected chi connectivity index (χ0v) is 14.0. The Kier molecular flexibility index (Phi) is 4.78. The van der Waals surface area contributed by atoms with Crippen molar-refractivity contribution in [2.24, 2.45) is 0 Å². The van der Waals surface area contributed by atoms with Crippen molar-refractivity contribution in [2.75, 3.05) is 7.11 Å². The van der Waals surface area contributed by atoms with Crippen LogP contribution < -0.4 is 0 Å². The zero-order valence-electron chi connectivity index (χ0n) is 14.0. The maximum atomic E-state index is 11.8. The molecule has 0 saturated carbocycles. The second kappa shape index (κ2) is 6.62. The van der Waals surface area contributed by atoms with E-state index in [4.69, 9.17) is 4.74 Å². The number of allylic oxidation sites excluding steroid dienone is 1. The van der Waals surface area contributed by atoms with E-state index in [-0.39, 0.29) is 17.0 Å². The first-order valence-electron chi connectivity index (χ1n) is 7.30. The molecule has 0 aliphatic carbocycles. The molecule has 0 unspecified atom stereocenters. The van der Waals surface area contributed by atoms with Crippen LogP contribution in [0.15, 0.2) is 36.1 Å². The first-order valence-corrected chi connectivity index (χ1v) is 7.30. The Labute approximate surface area is 139 Å². The highest BCUT2D eigenvalue weighted by Crippen LogP contribution is 2.35. The first kappa shape index (κ1) is 17.3. The smallest absolute Gasteiger partial charge is 0.356 e. The Morgan fingerprint density at radius 2 is 1.62 bits per heavy atom. The van der Waals surface area contributed by atoms with Gasteiger partial charge in [-0.05, 0) is 26.3 Å². The Balaban J connectivity index is 2.91. The van der Waals surface area contributed by atoms with E-state index in [2.05, 4.69) is 0 Å². The normalized spacial score (nSPS) is 11.8. The second-order valence-corrected chi connectivity index (χ2v) is 5.34. The summed E-state index contributed by atoms with van der Waals surface area (Å²) in [6, 6.07) is 9.04. The zero-order chi connectivity index (χ0) is 18.0. The number of aromatic nitrogens is 1. The van der Waals surface area contributed by atoms with Gasteiger partial charge in [-0.25, -0.2) is 9.59 Å². The highest BCUT2D eigenvalue weighted by molar-refractivity contribution is 6.11. The SMILES string of the molecule is CO/C(C)=C(\C(=O)O)n1c(C)c(C(=O)O)c(-c2ccccc2)c1C. The number of benzene rings is 1. The molecule has 0 aliphatic heterocycles. The predicted molar refractivity (Wildman–Crippen MR) is 89.8 cm³/mol. The molecule has 0 aliphatic rings. The molecule has 2 rings (SSSR count). The fourth-order valence-corrected chi connectivity index (χ4v) is 2.89. The summed E-state index contributed by atoms with van der Waals surface area (Å²) in [4.78, 5) is 23.5. The summed E-state index contributed by atoms with van der Waals surface area (Å²) in [7, 11) is 1.38. The molecule has 0 fully saturated rings. The van der Waals surface area contributed by atoms with Crippen molar-refractivity contribution in [1.29, 1.82) is 0 Å². The molecule has 6 nitrogen and oxygen atoms in total. The fourth-order valence-electron chi connectivity index (χ4n) is 2.89. The summed E-state index contributed by atoms with van der Waals surface area (Å²) in [6.45, 7) is 4.83. The van der Waals surface area contributed by atoms with E-state index in [0.29, 0.717) is 22.5 Å². The lowest BCUT2D eigenvalue weighted by Gasteiger charge is -2.13. The lowest BCUT2D eigenvalue weighted by atomic mass is 10.0. The quantitative estimate of drug-likeness (QED) is 0.648. The molecular weight excluding hydrogens is 310 g/mol. The Bertz CT molecular complexity index is 831. The molecule has 2 aromatic rings. The van der Waals surface area contributed by atoms with E-state index in [9.17, 15) is 19.8 Å². The van der Waals surface area contributed by atoms with Crippen molar-refractivity contribution in [3.05, 3.63) is 53.0 Å². The summed E-state index contributed by atoms with van der Waals surface area (Å²) < 4.78 is 6.51. The third kappa shape index (κ3) is 2.78. The minimum Gasteiger partial charge on any atom is -0.499 e. The van der Waals surface area contributed by atoms with Gasteiger partial charge in [-0.15, -0.1) is 0 Å². The number of aliphatic carboxylic acids is 1. The molecule has 0 atom stereocenters. The van der Waals surface area contributed by atoms with Crippen LogP contribution in [0.4, 0.5) is 0 Å². The lowest BCUT2D eigenvalue weighted by Crippen LogP contribution is -2.14. The van der Waals surface area contributed by atoms with Gasteiger partial charge in [-0.2, -0.15) is 0 Å². The monoisotopic (exact) mass is 329 g/mol. The van der Waals surface area contributed by atoms with Crippen molar-refractivity contribution >= 4 is 17.6 Å². The number of aromatic carboxylic acids is 1. The minimum absolute atomic E-state index is 0.0846. The van der Waals surface area contributed by atoms with E-state index in [1.807, 2.05) is 6.07 Å². The number of rotatable bonds is 5. The predicted octanol–water partition coefficient (Wildman–Crippen LogP) is 3.39. The van der Waals surface area contributed by atoms with E-state index in [1.165, 1.54) is 18.6 Å². The number of nitrogens with zero attached hydrogens (tertiary/aromatic N) is 1. The van der Waals surface area contributed by atoms with Gasteiger partial charge in [-0.1, -0.05) is 30.3 Å². The fraction of sp³-hybridized carbons (Fsp3) is 0.222. The summed E-state index contributed by atoms with van der Waals surface area (Å²) in [5.74, 6) is -2.10. The molecule has 0 spiro atoms. The molecule has 0 bridgehead atoms. The van der Waals surface area contributed by atoms with Crippen LogP contribution in [0.3, 0.4) is 0 Å². The third-order valence-corrected chi connectivity index (χ3v) is 3.99. The molecule has 0 saturated heterocycles. The average Bonchev–Trinajstić information content (AvgIpc) is 2.80. The number of carboxylic acid groups (broad SMARTS) is 2. The van der Waals surface area contributed by atoms with Crippen molar-refractivity contribution in [2.45, 2.75) is 20.8 Å². The number of hydrogen-bond donors (Lipinski definition) is 2. The van der Waals surface area contributed by atoms with Crippen molar-refractivity contribution in [1.82, 2.24) is 4.57 Å². The summed E-state index contributed by atoms with van der Waals surface area (Å²) in [5, 5.41) is 19.2. The maximum Gasteiger partial charge on any atom is 0.356 e. The number of methoxy groups -OCH3 is 1. The Morgan fingerprint density at radius 3 is 2.08 bits per heavy atom. The van der Waals surface area contributed by atoms with Gasteiger partial charge in [0.25, 0.3) is 0 Å². The van der Waals surface area contributed by atoms with Crippen LogP contribution in [-0.2, 0) is 9.53 Å². The third-order valence-electron chi connectivity index (χ3n) is 3.99. The molecule has 1 heterocycles. The van der Waals surface area contributed by atoms with Gasteiger partial charge in [0.2, 0.25) is 0 Å². The van der Waals surface area contributed by atoms with E-state index >= 15 is 0 Å². The van der Waals surface area contributed by atoms with Crippen LogP contribution in [0.5, 0.6) is 0 Å². The van der Waals surface area contributed by atoms with E-state index in [1.54, 1.807) is 38.1 Å². The van der Waals surface area contributed by atoms with Crippen LogP contribution >= 0.6 is 0 Å². The number of ether oxygens (including phenoxy) is 1. The molecule has 126 valence electrons. The number of hydrogen-bond acceptors (Lipinski definition) is 3. The Hall–Kier alpha value is -3.02. The highest BCUT2D eigenvalue weighted by atomic mass is 16.5. The molecule has 1 aromatic heterocycles. The van der Waals surface area contributed by atoms with E-state index < -0.39 is 11.9 Å². The van der Waals surface area contributed by atoms with Crippen LogP contribution in [0, 0.1) is 13.8 Å². The first-order chi connectivity index (χ1) is 11.3.